The molecular weight excluding hydrogens is 280 g/mol. The van der Waals surface area contributed by atoms with E-state index in [4.69, 9.17) is 9.47 Å². The molecule has 1 aliphatic rings. The molecule has 0 aromatic heterocycles. The molecule has 0 aliphatic carbocycles. The van der Waals surface area contributed by atoms with Gasteiger partial charge >= 0.3 is 6.03 Å². The van der Waals surface area contributed by atoms with E-state index in [-0.39, 0.29) is 18.9 Å². The number of ether oxygens (including phenoxy) is 2. The molecule has 1 aliphatic heterocycles. The molecule has 0 bridgehead atoms. The fraction of sp³-hybridized carbons (Fsp3) is 0.235. The van der Waals surface area contributed by atoms with Gasteiger partial charge in [-0.3, -0.25) is 0 Å². The Hall–Kier alpha value is -2.69. The van der Waals surface area contributed by atoms with E-state index in [1.165, 1.54) is 0 Å². The fourth-order valence-corrected chi connectivity index (χ4v) is 2.29. The molecule has 114 valence electrons. The van der Waals surface area contributed by atoms with Gasteiger partial charge in [-0.1, -0.05) is 36.4 Å². The smallest absolute Gasteiger partial charge is 0.315 e. The maximum atomic E-state index is 12.0. The van der Waals surface area contributed by atoms with Gasteiger partial charge < -0.3 is 20.1 Å². The van der Waals surface area contributed by atoms with Crippen molar-refractivity contribution in [1.29, 1.82) is 0 Å². The largest absolute Gasteiger partial charge is 0.454 e. The average molecular weight is 298 g/mol. The normalized spacial score (nSPS) is 13.5. The SMILES string of the molecule is C[C@@H](NC(=O)NCc1ccccc1)c1ccc2c(c1)OCO2. The van der Waals surface area contributed by atoms with E-state index >= 15 is 0 Å². The Bertz CT molecular complexity index is 658. The Kier molecular flexibility index (Phi) is 4.14. The van der Waals surface area contributed by atoms with Crippen molar-refractivity contribution in [3.63, 3.8) is 0 Å². The van der Waals surface area contributed by atoms with Gasteiger partial charge in [-0.2, -0.15) is 0 Å². The fourth-order valence-electron chi connectivity index (χ4n) is 2.29. The van der Waals surface area contributed by atoms with Crippen LogP contribution in [0.3, 0.4) is 0 Å². The third kappa shape index (κ3) is 3.31. The van der Waals surface area contributed by atoms with Crippen LogP contribution in [0.2, 0.25) is 0 Å². The lowest BCUT2D eigenvalue weighted by molar-refractivity contribution is 0.174. The highest BCUT2D eigenvalue weighted by Crippen LogP contribution is 2.34. The van der Waals surface area contributed by atoms with Gasteiger partial charge in [-0.05, 0) is 30.2 Å². The van der Waals surface area contributed by atoms with E-state index in [1.807, 2.05) is 55.5 Å². The number of benzene rings is 2. The van der Waals surface area contributed by atoms with Crippen molar-refractivity contribution < 1.29 is 14.3 Å². The summed E-state index contributed by atoms with van der Waals surface area (Å²) in [6, 6.07) is 15.2. The van der Waals surface area contributed by atoms with Crippen molar-refractivity contribution in [2.45, 2.75) is 19.5 Å². The van der Waals surface area contributed by atoms with E-state index in [0.717, 1.165) is 22.6 Å². The van der Waals surface area contributed by atoms with Crippen LogP contribution in [0.25, 0.3) is 0 Å². The number of carbonyl (C=O) groups is 1. The topological polar surface area (TPSA) is 59.6 Å². The molecule has 0 saturated carbocycles. The first-order valence-corrected chi connectivity index (χ1v) is 7.20. The minimum absolute atomic E-state index is 0.120. The Morgan fingerprint density at radius 1 is 1.14 bits per heavy atom. The molecule has 2 aromatic rings. The van der Waals surface area contributed by atoms with E-state index in [2.05, 4.69) is 10.6 Å². The summed E-state index contributed by atoms with van der Waals surface area (Å²) in [5.74, 6) is 1.46. The first-order chi connectivity index (χ1) is 10.7. The van der Waals surface area contributed by atoms with Crippen LogP contribution in [-0.4, -0.2) is 12.8 Å². The number of fused-ring (bicyclic) bond motifs is 1. The van der Waals surface area contributed by atoms with Gasteiger partial charge in [0.2, 0.25) is 6.79 Å². The first-order valence-electron chi connectivity index (χ1n) is 7.20. The second-order valence-corrected chi connectivity index (χ2v) is 5.15. The predicted octanol–water partition coefficient (Wildman–Crippen LogP) is 2.98. The lowest BCUT2D eigenvalue weighted by Gasteiger charge is -2.15. The Balaban J connectivity index is 1.55. The van der Waals surface area contributed by atoms with Gasteiger partial charge in [0.05, 0.1) is 6.04 Å². The highest BCUT2D eigenvalue weighted by Gasteiger charge is 2.16. The van der Waals surface area contributed by atoms with Crippen molar-refractivity contribution in [3.8, 4) is 11.5 Å². The highest BCUT2D eigenvalue weighted by atomic mass is 16.7. The van der Waals surface area contributed by atoms with E-state index < -0.39 is 0 Å². The number of hydrogen-bond acceptors (Lipinski definition) is 3. The number of urea groups is 1. The lowest BCUT2D eigenvalue weighted by Crippen LogP contribution is -2.36. The molecule has 22 heavy (non-hydrogen) atoms. The summed E-state index contributed by atoms with van der Waals surface area (Å²) in [7, 11) is 0. The Labute approximate surface area is 129 Å². The quantitative estimate of drug-likeness (QED) is 0.912. The molecule has 0 unspecified atom stereocenters. The standard InChI is InChI=1S/C17H18N2O3/c1-12(14-7-8-15-16(9-14)22-11-21-15)19-17(20)18-10-13-5-3-2-4-6-13/h2-9,12H,10-11H2,1H3,(H2,18,19,20)/t12-/m1/s1. The van der Waals surface area contributed by atoms with Gasteiger partial charge in [0.1, 0.15) is 0 Å². The zero-order valence-corrected chi connectivity index (χ0v) is 12.3. The van der Waals surface area contributed by atoms with Gasteiger partial charge in [-0.25, -0.2) is 4.79 Å². The molecule has 1 atom stereocenters. The molecule has 0 radical (unpaired) electrons. The van der Waals surface area contributed by atoms with Crippen LogP contribution in [-0.2, 0) is 6.54 Å². The summed E-state index contributed by atoms with van der Waals surface area (Å²) >= 11 is 0. The molecule has 0 spiro atoms. The Morgan fingerprint density at radius 2 is 1.91 bits per heavy atom. The van der Waals surface area contributed by atoms with Crippen molar-refractivity contribution in [2.24, 2.45) is 0 Å². The van der Waals surface area contributed by atoms with Crippen LogP contribution in [0, 0.1) is 0 Å². The number of hydrogen-bond donors (Lipinski definition) is 2. The predicted molar refractivity (Wildman–Crippen MR) is 82.8 cm³/mol. The molecule has 0 saturated heterocycles. The number of nitrogens with one attached hydrogen (secondary N) is 2. The van der Waals surface area contributed by atoms with Crippen molar-refractivity contribution in [1.82, 2.24) is 10.6 Å². The third-order valence-electron chi connectivity index (χ3n) is 3.54. The Morgan fingerprint density at radius 3 is 2.73 bits per heavy atom. The van der Waals surface area contributed by atoms with Crippen molar-refractivity contribution >= 4 is 6.03 Å². The van der Waals surface area contributed by atoms with Crippen LogP contribution < -0.4 is 20.1 Å². The van der Waals surface area contributed by atoms with E-state index in [9.17, 15) is 4.79 Å². The molecule has 2 N–H and O–H groups in total. The number of carbonyl (C=O) groups excluding carboxylic acids is 1. The number of amides is 2. The zero-order chi connectivity index (χ0) is 15.4. The van der Waals surface area contributed by atoms with Crippen LogP contribution >= 0.6 is 0 Å². The molecule has 0 fully saturated rings. The minimum Gasteiger partial charge on any atom is -0.454 e. The second kappa shape index (κ2) is 6.39. The summed E-state index contributed by atoms with van der Waals surface area (Å²) in [6.07, 6.45) is 0. The maximum Gasteiger partial charge on any atom is 0.315 e. The van der Waals surface area contributed by atoms with Crippen LogP contribution in [0.4, 0.5) is 4.79 Å². The van der Waals surface area contributed by atoms with E-state index in [1.54, 1.807) is 0 Å². The number of rotatable bonds is 4. The van der Waals surface area contributed by atoms with Gasteiger partial charge in [0.25, 0.3) is 0 Å². The van der Waals surface area contributed by atoms with E-state index in [0.29, 0.717) is 6.54 Å². The van der Waals surface area contributed by atoms with Crippen molar-refractivity contribution in [3.05, 3.63) is 59.7 Å². The second-order valence-electron chi connectivity index (χ2n) is 5.15. The first kappa shape index (κ1) is 14.3. The summed E-state index contributed by atoms with van der Waals surface area (Å²) in [5.41, 5.74) is 2.03. The minimum atomic E-state index is -0.200. The summed E-state index contributed by atoms with van der Waals surface area (Å²) in [4.78, 5) is 12.0. The molecule has 5 nitrogen and oxygen atoms in total. The maximum absolute atomic E-state index is 12.0. The van der Waals surface area contributed by atoms with Crippen LogP contribution in [0.5, 0.6) is 11.5 Å². The molecule has 2 aromatic carbocycles. The zero-order valence-electron chi connectivity index (χ0n) is 12.3. The van der Waals surface area contributed by atoms with Gasteiger partial charge in [0, 0.05) is 6.54 Å². The lowest BCUT2D eigenvalue weighted by atomic mass is 10.1. The highest BCUT2D eigenvalue weighted by molar-refractivity contribution is 5.74. The third-order valence-corrected chi connectivity index (χ3v) is 3.54. The molecule has 3 rings (SSSR count). The summed E-state index contributed by atoms with van der Waals surface area (Å²) in [6.45, 7) is 2.68. The molecular formula is C17H18N2O3. The van der Waals surface area contributed by atoms with Gasteiger partial charge in [0.15, 0.2) is 11.5 Å². The molecule has 1 heterocycles. The molecule has 2 amide bonds. The molecule has 5 heteroatoms. The monoisotopic (exact) mass is 298 g/mol. The van der Waals surface area contributed by atoms with Gasteiger partial charge in [-0.15, -0.1) is 0 Å². The van der Waals surface area contributed by atoms with Crippen LogP contribution in [0.15, 0.2) is 48.5 Å². The van der Waals surface area contributed by atoms with Crippen LogP contribution in [0.1, 0.15) is 24.1 Å². The summed E-state index contributed by atoms with van der Waals surface area (Å²) in [5, 5.41) is 5.76. The summed E-state index contributed by atoms with van der Waals surface area (Å²) < 4.78 is 10.6. The average Bonchev–Trinajstić information content (AvgIpc) is 3.01. The van der Waals surface area contributed by atoms with Crippen molar-refractivity contribution in [2.75, 3.05) is 6.79 Å².